The number of likely N-dealkylation sites (tertiary alicyclic amines) is 1. The number of para-hydroxylation sites is 1. The molecule has 2 fully saturated rings. The van der Waals surface area contributed by atoms with Crippen LogP contribution in [0.5, 0.6) is 0 Å². The average Bonchev–Trinajstić information content (AvgIpc) is 3.52. The minimum atomic E-state index is -0.104. The van der Waals surface area contributed by atoms with E-state index in [-0.39, 0.29) is 11.5 Å². The summed E-state index contributed by atoms with van der Waals surface area (Å²) in [6, 6.07) is 7.27. The molecule has 3 aromatic rings. The Hall–Kier alpha value is -3.03. The highest BCUT2D eigenvalue weighted by atomic mass is 16.5. The lowest BCUT2D eigenvalue weighted by Crippen LogP contribution is -2.41. The van der Waals surface area contributed by atoms with E-state index in [2.05, 4.69) is 15.1 Å². The zero-order chi connectivity index (χ0) is 20.5. The average molecular weight is 407 g/mol. The van der Waals surface area contributed by atoms with E-state index >= 15 is 0 Å². The number of hydrogen-bond donors (Lipinski definition) is 0. The highest BCUT2D eigenvalue weighted by molar-refractivity contribution is 5.77. The van der Waals surface area contributed by atoms with E-state index in [1.165, 1.54) is 10.9 Å². The topological polar surface area (TPSA) is 94.1 Å². The number of piperidine rings is 1. The summed E-state index contributed by atoms with van der Waals surface area (Å²) in [4.78, 5) is 36.1. The Labute approximate surface area is 173 Å². The van der Waals surface area contributed by atoms with Crippen LogP contribution in [0.25, 0.3) is 10.9 Å². The Morgan fingerprint density at radius 2 is 2.07 bits per heavy atom. The maximum atomic E-state index is 12.8. The molecule has 1 amide bonds. The second-order valence-corrected chi connectivity index (χ2v) is 8.38. The Morgan fingerprint density at radius 1 is 1.20 bits per heavy atom. The second-order valence-electron chi connectivity index (χ2n) is 8.38. The Kier molecular flexibility index (Phi) is 5.06. The molecule has 30 heavy (non-hydrogen) atoms. The van der Waals surface area contributed by atoms with Gasteiger partial charge in [-0.1, -0.05) is 17.3 Å². The molecular weight excluding hydrogens is 382 g/mol. The number of carbonyl (C=O) groups excluding carboxylic acids is 1. The molecule has 0 spiro atoms. The van der Waals surface area contributed by atoms with Crippen molar-refractivity contribution in [2.75, 3.05) is 13.1 Å². The minimum absolute atomic E-state index is 0.0731. The van der Waals surface area contributed by atoms with Gasteiger partial charge in [0.15, 0.2) is 5.82 Å². The predicted octanol–water partition coefficient (Wildman–Crippen LogP) is 2.53. The van der Waals surface area contributed by atoms with Crippen LogP contribution in [0.4, 0.5) is 0 Å². The largest absolute Gasteiger partial charge is 0.342 e. The summed E-state index contributed by atoms with van der Waals surface area (Å²) < 4.78 is 6.94. The van der Waals surface area contributed by atoms with Crippen molar-refractivity contribution >= 4 is 16.8 Å². The van der Waals surface area contributed by atoms with Crippen molar-refractivity contribution in [3.8, 4) is 0 Å². The van der Waals surface area contributed by atoms with Crippen molar-refractivity contribution in [1.82, 2.24) is 24.6 Å². The standard InChI is InChI=1S/C22H25N5O3/c28-20(9-11-27-14-23-18-6-2-1-5-17(18)22(27)29)26-10-3-4-15(13-26)12-19-24-21(25-30-19)16-7-8-16/h1-2,5-6,14-16H,3-4,7-13H2. The van der Waals surface area contributed by atoms with Gasteiger partial charge in [-0.25, -0.2) is 4.98 Å². The van der Waals surface area contributed by atoms with Crippen molar-refractivity contribution in [2.24, 2.45) is 5.92 Å². The van der Waals surface area contributed by atoms with Gasteiger partial charge in [0.25, 0.3) is 5.56 Å². The van der Waals surface area contributed by atoms with Crippen molar-refractivity contribution in [3.63, 3.8) is 0 Å². The van der Waals surface area contributed by atoms with Gasteiger partial charge >= 0.3 is 0 Å². The number of fused-ring (bicyclic) bond motifs is 1. The monoisotopic (exact) mass is 407 g/mol. The van der Waals surface area contributed by atoms with Gasteiger partial charge in [-0.2, -0.15) is 4.98 Å². The van der Waals surface area contributed by atoms with Crippen molar-refractivity contribution in [2.45, 2.75) is 51.0 Å². The molecule has 1 saturated heterocycles. The fraction of sp³-hybridized carbons (Fsp3) is 0.500. The maximum Gasteiger partial charge on any atom is 0.261 e. The number of rotatable bonds is 6. The zero-order valence-corrected chi connectivity index (χ0v) is 16.9. The molecule has 5 rings (SSSR count). The third-order valence-electron chi connectivity index (χ3n) is 6.06. The lowest BCUT2D eigenvalue weighted by molar-refractivity contribution is -0.133. The summed E-state index contributed by atoms with van der Waals surface area (Å²) >= 11 is 0. The molecular formula is C22H25N5O3. The molecule has 1 saturated carbocycles. The van der Waals surface area contributed by atoms with Gasteiger partial charge in [-0.15, -0.1) is 0 Å². The molecule has 0 bridgehead atoms. The maximum absolute atomic E-state index is 12.8. The highest BCUT2D eigenvalue weighted by Gasteiger charge is 2.30. The molecule has 156 valence electrons. The van der Waals surface area contributed by atoms with Crippen LogP contribution in [0, 0.1) is 5.92 Å². The molecule has 8 nitrogen and oxygen atoms in total. The molecule has 8 heteroatoms. The first-order chi connectivity index (χ1) is 14.7. The fourth-order valence-corrected chi connectivity index (χ4v) is 4.20. The Bertz CT molecular complexity index is 1120. The van der Waals surface area contributed by atoms with Crippen LogP contribution in [-0.2, 0) is 17.8 Å². The van der Waals surface area contributed by atoms with E-state index < -0.39 is 0 Å². The Balaban J connectivity index is 1.18. The number of benzene rings is 1. The van der Waals surface area contributed by atoms with Gasteiger partial charge in [0.05, 0.1) is 17.2 Å². The molecule has 1 unspecified atom stereocenters. The molecule has 2 aromatic heterocycles. The van der Waals surface area contributed by atoms with Crippen LogP contribution in [-0.4, -0.2) is 43.6 Å². The molecule has 3 heterocycles. The molecule has 0 N–H and O–H groups in total. The fourth-order valence-electron chi connectivity index (χ4n) is 4.20. The lowest BCUT2D eigenvalue weighted by Gasteiger charge is -2.32. The van der Waals surface area contributed by atoms with Gasteiger partial charge in [-0.3, -0.25) is 14.2 Å². The number of aryl methyl sites for hydroxylation is 1. The van der Waals surface area contributed by atoms with Crippen LogP contribution < -0.4 is 5.56 Å². The van der Waals surface area contributed by atoms with E-state index in [1.807, 2.05) is 23.1 Å². The zero-order valence-electron chi connectivity index (χ0n) is 16.9. The minimum Gasteiger partial charge on any atom is -0.342 e. The molecule has 2 aliphatic rings. The normalized spacial score (nSPS) is 19.3. The van der Waals surface area contributed by atoms with E-state index in [0.29, 0.717) is 48.1 Å². The molecule has 1 aliphatic carbocycles. The van der Waals surface area contributed by atoms with Crippen molar-refractivity contribution < 1.29 is 9.32 Å². The van der Waals surface area contributed by atoms with E-state index in [9.17, 15) is 9.59 Å². The number of hydrogen-bond acceptors (Lipinski definition) is 6. The van der Waals surface area contributed by atoms with Crippen LogP contribution >= 0.6 is 0 Å². The smallest absolute Gasteiger partial charge is 0.261 e. The van der Waals surface area contributed by atoms with Crippen LogP contribution in [0.3, 0.4) is 0 Å². The first-order valence-electron chi connectivity index (χ1n) is 10.7. The lowest BCUT2D eigenvalue weighted by atomic mass is 9.94. The first kappa shape index (κ1) is 19.0. The SMILES string of the molecule is O=C(CCn1cnc2ccccc2c1=O)N1CCCC(Cc2nc(C3CC3)no2)C1. The van der Waals surface area contributed by atoms with Crippen molar-refractivity contribution in [1.29, 1.82) is 0 Å². The summed E-state index contributed by atoms with van der Waals surface area (Å²) in [7, 11) is 0. The van der Waals surface area contributed by atoms with Gasteiger partial charge in [0.2, 0.25) is 11.8 Å². The van der Waals surface area contributed by atoms with Crippen LogP contribution in [0.1, 0.15) is 49.7 Å². The summed E-state index contributed by atoms with van der Waals surface area (Å²) in [5.41, 5.74) is 0.572. The number of aromatic nitrogens is 4. The number of nitrogens with zero attached hydrogens (tertiary/aromatic N) is 5. The summed E-state index contributed by atoms with van der Waals surface area (Å²) in [5, 5.41) is 4.67. The third kappa shape index (κ3) is 3.99. The summed E-state index contributed by atoms with van der Waals surface area (Å²) in [6.45, 7) is 1.80. The second kappa shape index (κ2) is 8.01. The van der Waals surface area contributed by atoms with Crippen molar-refractivity contribution in [3.05, 3.63) is 52.7 Å². The van der Waals surface area contributed by atoms with Gasteiger partial charge in [0, 0.05) is 38.4 Å². The predicted molar refractivity (Wildman–Crippen MR) is 110 cm³/mol. The molecule has 1 aliphatic heterocycles. The molecule has 1 aromatic carbocycles. The van der Waals surface area contributed by atoms with E-state index in [0.717, 1.165) is 44.5 Å². The van der Waals surface area contributed by atoms with Gasteiger partial charge < -0.3 is 9.42 Å². The van der Waals surface area contributed by atoms with Gasteiger partial charge in [-0.05, 0) is 43.7 Å². The molecule has 1 atom stereocenters. The highest BCUT2D eigenvalue weighted by Crippen LogP contribution is 2.38. The first-order valence-corrected chi connectivity index (χ1v) is 10.7. The summed E-state index contributed by atoms with van der Waals surface area (Å²) in [6.07, 6.45) is 6.87. The number of carbonyl (C=O) groups is 1. The Morgan fingerprint density at radius 3 is 2.93 bits per heavy atom. The number of amides is 1. The molecule has 0 radical (unpaired) electrons. The third-order valence-corrected chi connectivity index (χ3v) is 6.06. The van der Waals surface area contributed by atoms with E-state index in [1.54, 1.807) is 6.07 Å². The quantitative estimate of drug-likeness (QED) is 0.623. The summed E-state index contributed by atoms with van der Waals surface area (Å²) in [5.74, 6) is 2.41. The van der Waals surface area contributed by atoms with E-state index in [4.69, 9.17) is 4.52 Å². The van der Waals surface area contributed by atoms with Crippen LogP contribution in [0.2, 0.25) is 0 Å². The van der Waals surface area contributed by atoms with Crippen LogP contribution in [0.15, 0.2) is 39.9 Å². The van der Waals surface area contributed by atoms with Gasteiger partial charge in [0.1, 0.15) is 0 Å².